The van der Waals surface area contributed by atoms with E-state index in [4.69, 9.17) is 4.42 Å². The number of amides is 2. The second kappa shape index (κ2) is 8.57. The van der Waals surface area contributed by atoms with Crippen LogP contribution < -0.4 is 10.6 Å². The van der Waals surface area contributed by atoms with Gasteiger partial charge in [0, 0.05) is 19.3 Å². The third kappa shape index (κ3) is 4.74. The maximum Gasteiger partial charge on any atom is 0.253 e. The summed E-state index contributed by atoms with van der Waals surface area (Å²) in [6, 6.07) is 10.7. The van der Waals surface area contributed by atoms with Crippen molar-refractivity contribution in [3.8, 4) is 0 Å². The van der Waals surface area contributed by atoms with Gasteiger partial charge in [0.05, 0.1) is 24.9 Å². The molecule has 0 aliphatic heterocycles. The van der Waals surface area contributed by atoms with Gasteiger partial charge in [-0.05, 0) is 24.3 Å². The average molecular weight is 327 g/mol. The molecule has 0 fully saturated rings. The van der Waals surface area contributed by atoms with Crippen LogP contribution in [0.1, 0.15) is 16.1 Å². The average Bonchev–Trinajstić information content (AvgIpc) is 3.10. The molecule has 0 unspecified atom stereocenters. The zero-order chi connectivity index (χ0) is 17.4. The summed E-state index contributed by atoms with van der Waals surface area (Å²) in [4.78, 5) is 25.9. The zero-order valence-electron chi connectivity index (χ0n) is 13.6. The van der Waals surface area contributed by atoms with Crippen LogP contribution in [0.4, 0.5) is 5.69 Å². The summed E-state index contributed by atoms with van der Waals surface area (Å²) in [5, 5.41) is 5.75. The van der Waals surface area contributed by atoms with Crippen LogP contribution in [0.3, 0.4) is 0 Å². The van der Waals surface area contributed by atoms with Gasteiger partial charge >= 0.3 is 0 Å². The van der Waals surface area contributed by atoms with Gasteiger partial charge in [0.25, 0.3) is 5.91 Å². The topological polar surface area (TPSA) is 74.6 Å². The molecule has 126 valence electrons. The lowest BCUT2D eigenvalue weighted by molar-refractivity contribution is -0.128. The summed E-state index contributed by atoms with van der Waals surface area (Å²) in [6.45, 7) is 4.44. The summed E-state index contributed by atoms with van der Waals surface area (Å²) < 4.78 is 5.23. The van der Waals surface area contributed by atoms with E-state index in [0.717, 1.165) is 5.76 Å². The van der Waals surface area contributed by atoms with Crippen LogP contribution in [0.25, 0.3) is 0 Å². The molecule has 24 heavy (non-hydrogen) atoms. The van der Waals surface area contributed by atoms with Gasteiger partial charge in [-0.15, -0.1) is 6.58 Å². The molecular weight excluding hydrogens is 306 g/mol. The minimum absolute atomic E-state index is 0.0863. The number of para-hydroxylation sites is 1. The number of nitrogens with zero attached hydrogens (tertiary/aromatic N) is 1. The number of anilines is 1. The van der Waals surface area contributed by atoms with Gasteiger partial charge < -0.3 is 20.0 Å². The van der Waals surface area contributed by atoms with E-state index in [1.54, 1.807) is 48.6 Å². The number of hydrogen-bond donors (Lipinski definition) is 2. The molecule has 0 saturated carbocycles. The molecule has 2 amide bonds. The first-order valence-electron chi connectivity index (χ1n) is 7.60. The molecule has 2 aromatic rings. The van der Waals surface area contributed by atoms with Crippen LogP contribution in [-0.2, 0) is 11.3 Å². The predicted molar refractivity (Wildman–Crippen MR) is 92.6 cm³/mol. The number of rotatable bonds is 8. The zero-order valence-corrected chi connectivity index (χ0v) is 13.6. The lowest BCUT2D eigenvalue weighted by Gasteiger charge is -2.17. The molecule has 0 bridgehead atoms. The van der Waals surface area contributed by atoms with Crippen LogP contribution in [0.5, 0.6) is 0 Å². The van der Waals surface area contributed by atoms with Crippen molar-refractivity contribution in [2.45, 2.75) is 6.54 Å². The van der Waals surface area contributed by atoms with E-state index >= 15 is 0 Å². The van der Waals surface area contributed by atoms with Gasteiger partial charge in [-0.25, -0.2) is 0 Å². The number of nitrogens with one attached hydrogen (secondary N) is 2. The van der Waals surface area contributed by atoms with Crippen molar-refractivity contribution in [2.75, 3.05) is 25.5 Å². The van der Waals surface area contributed by atoms with E-state index < -0.39 is 0 Å². The number of furan rings is 1. The molecule has 1 aromatic carbocycles. The largest absolute Gasteiger partial charge is 0.467 e. The first-order chi connectivity index (χ1) is 11.6. The minimum Gasteiger partial charge on any atom is -0.467 e. The van der Waals surface area contributed by atoms with Crippen molar-refractivity contribution in [1.29, 1.82) is 0 Å². The predicted octanol–water partition coefficient (Wildman–Crippen LogP) is 2.27. The van der Waals surface area contributed by atoms with Crippen LogP contribution >= 0.6 is 0 Å². The van der Waals surface area contributed by atoms with E-state index in [1.165, 1.54) is 0 Å². The Labute approximate surface area is 141 Å². The van der Waals surface area contributed by atoms with Crippen molar-refractivity contribution < 1.29 is 14.0 Å². The highest BCUT2D eigenvalue weighted by Crippen LogP contribution is 2.15. The molecule has 0 aliphatic rings. The van der Waals surface area contributed by atoms with Crippen molar-refractivity contribution in [3.63, 3.8) is 0 Å². The number of benzene rings is 1. The third-order valence-electron chi connectivity index (χ3n) is 3.41. The smallest absolute Gasteiger partial charge is 0.253 e. The Morgan fingerprint density at radius 2 is 2.04 bits per heavy atom. The molecule has 0 aliphatic carbocycles. The molecule has 2 N–H and O–H groups in total. The van der Waals surface area contributed by atoms with Gasteiger partial charge in [0.15, 0.2) is 0 Å². The molecule has 2 rings (SSSR count). The van der Waals surface area contributed by atoms with E-state index in [-0.39, 0.29) is 18.4 Å². The van der Waals surface area contributed by atoms with E-state index in [9.17, 15) is 9.59 Å². The van der Waals surface area contributed by atoms with Gasteiger partial charge in [-0.1, -0.05) is 18.2 Å². The Hall–Kier alpha value is -3.02. The summed E-state index contributed by atoms with van der Waals surface area (Å²) in [5.74, 6) is 0.400. The molecule has 0 radical (unpaired) electrons. The fourth-order valence-electron chi connectivity index (χ4n) is 2.13. The molecule has 0 atom stereocenters. The minimum atomic E-state index is -0.214. The molecule has 0 spiro atoms. The fourth-order valence-corrected chi connectivity index (χ4v) is 2.13. The molecule has 1 aromatic heterocycles. The molecule has 1 heterocycles. The number of carbonyl (C=O) groups is 2. The molecule has 6 heteroatoms. The quantitative estimate of drug-likeness (QED) is 0.729. The van der Waals surface area contributed by atoms with Crippen LogP contribution in [-0.4, -0.2) is 36.9 Å². The van der Waals surface area contributed by atoms with Crippen LogP contribution in [0.15, 0.2) is 59.7 Å². The van der Waals surface area contributed by atoms with E-state index in [1.807, 2.05) is 12.1 Å². The number of hydrogen-bond acceptors (Lipinski definition) is 4. The summed E-state index contributed by atoms with van der Waals surface area (Å²) in [5.41, 5.74) is 1.10. The Bertz CT molecular complexity index is 695. The first kappa shape index (κ1) is 17.3. The Morgan fingerprint density at radius 3 is 2.75 bits per heavy atom. The van der Waals surface area contributed by atoms with Gasteiger partial charge in [0.2, 0.25) is 5.91 Å². The Kier molecular flexibility index (Phi) is 6.19. The monoisotopic (exact) mass is 327 g/mol. The Balaban J connectivity index is 1.94. The first-order valence-corrected chi connectivity index (χ1v) is 7.60. The van der Waals surface area contributed by atoms with Gasteiger partial charge in [0.1, 0.15) is 5.76 Å². The van der Waals surface area contributed by atoms with Crippen molar-refractivity contribution in [2.24, 2.45) is 0 Å². The second-order valence-electron chi connectivity index (χ2n) is 5.23. The maximum absolute atomic E-state index is 12.2. The highest BCUT2D eigenvalue weighted by atomic mass is 16.3. The highest BCUT2D eigenvalue weighted by Gasteiger charge is 2.13. The lowest BCUT2D eigenvalue weighted by Crippen LogP contribution is -2.32. The molecule has 0 saturated heterocycles. The molecule has 6 nitrogen and oxygen atoms in total. The maximum atomic E-state index is 12.2. The number of likely N-dealkylation sites (N-methyl/N-ethyl adjacent to an activating group) is 1. The summed E-state index contributed by atoms with van der Waals surface area (Å²) in [6.07, 6.45) is 3.19. The lowest BCUT2D eigenvalue weighted by atomic mass is 10.1. The van der Waals surface area contributed by atoms with Crippen molar-refractivity contribution in [1.82, 2.24) is 10.2 Å². The second-order valence-corrected chi connectivity index (χ2v) is 5.23. The normalized spacial score (nSPS) is 10.0. The van der Waals surface area contributed by atoms with Crippen LogP contribution in [0.2, 0.25) is 0 Å². The summed E-state index contributed by atoms with van der Waals surface area (Å²) >= 11 is 0. The number of carbonyl (C=O) groups excluding carboxylic acids is 2. The van der Waals surface area contributed by atoms with Crippen molar-refractivity contribution in [3.05, 3.63) is 66.6 Å². The van der Waals surface area contributed by atoms with Crippen LogP contribution in [0, 0.1) is 0 Å². The van der Waals surface area contributed by atoms with E-state index in [0.29, 0.717) is 24.3 Å². The molecular formula is C18H21N3O3. The SMILES string of the molecule is C=CCNC(=O)c1ccccc1NCC(=O)N(C)Cc1ccco1. The standard InChI is InChI=1S/C18H21N3O3/c1-3-10-19-18(23)15-8-4-5-9-16(15)20-12-17(22)21(2)13-14-7-6-11-24-14/h3-9,11,20H,1,10,12-13H2,2H3,(H,19,23). The van der Waals surface area contributed by atoms with Crippen molar-refractivity contribution >= 4 is 17.5 Å². The Morgan fingerprint density at radius 1 is 1.25 bits per heavy atom. The third-order valence-corrected chi connectivity index (χ3v) is 3.41. The van der Waals surface area contributed by atoms with E-state index in [2.05, 4.69) is 17.2 Å². The van der Waals surface area contributed by atoms with Gasteiger partial charge in [-0.2, -0.15) is 0 Å². The summed E-state index contributed by atoms with van der Waals surface area (Å²) in [7, 11) is 1.70. The van der Waals surface area contributed by atoms with Gasteiger partial charge in [-0.3, -0.25) is 9.59 Å². The fraction of sp³-hybridized carbons (Fsp3) is 0.222. The highest BCUT2D eigenvalue weighted by molar-refractivity contribution is 6.00.